The normalized spacial score (nSPS) is 20.4. The number of nitrogens with zero attached hydrogens (tertiary/aromatic N) is 1. The van der Waals surface area contributed by atoms with E-state index in [0.29, 0.717) is 13.0 Å². The lowest BCUT2D eigenvalue weighted by atomic mass is 9.80. The second-order valence-corrected chi connectivity index (χ2v) is 5.48. The fourth-order valence-corrected chi connectivity index (χ4v) is 2.53. The number of ether oxygens (including phenoxy) is 1. The summed E-state index contributed by atoms with van der Waals surface area (Å²) in [4.78, 5) is 13.6. The van der Waals surface area contributed by atoms with Gasteiger partial charge in [0.1, 0.15) is 0 Å². The number of aliphatic hydroxyl groups excluding tert-OH is 1. The highest BCUT2D eigenvalue weighted by Gasteiger charge is 2.31. The van der Waals surface area contributed by atoms with Crippen LogP contribution < -0.4 is 5.73 Å². The lowest BCUT2D eigenvalue weighted by Crippen LogP contribution is -2.47. The first-order valence-corrected chi connectivity index (χ1v) is 6.67. The lowest BCUT2D eigenvalue weighted by Gasteiger charge is -2.34. The summed E-state index contributed by atoms with van der Waals surface area (Å²) in [6.45, 7) is 0.536. The van der Waals surface area contributed by atoms with Crippen LogP contribution in [0.2, 0.25) is 0 Å². The lowest BCUT2D eigenvalue weighted by molar-refractivity contribution is -0.133. The van der Waals surface area contributed by atoms with E-state index in [1.165, 1.54) is 13.5 Å². The van der Waals surface area contributed by atoms with Gasteiger partial charge in [-0.3, -0.25) is 4.79 Å². The maximum absolute atomic E-state index is 12.1. The second-order valence-electron chi connectivity index (χ2n) is 5.48. The first kappa shape index (κ1) is 15.4. The van der Waals surface area contributed by atoms with Crippen molar-refractivity contribution in [3.05, 3.63) is 0 Å². The van der Waals surface area contributed by atoms with Gasteiger partial charge in [-0.25, -0.2) is 0 Å². The zero-order valence-corrected chi connectivity index (χ0v) is 11.5. The molecule has 0 radical (unpaired) electrons. The molecule has 0 aromatic carbocycles. The summed E-state index contributed by atoms with van der Waals surface area (Å²) < 4.78 is 4.84. The van der Waals surface area contributed by atoms with E-state index in [2.05, 4.69) is 0 Å². The Morgan fingerprint density at radius 3 is 2.61 bits per heavy atom. The predicted octanol–water partition coefficient (Wildman–Crippen LogP) is 0.504. The van der Waals surface area contributed by atoms with Crippen molar-refractivity contribution in [2.75, 3.05) is 27.3 Å². The van der Waals surface area contributed by atoms with E-state index in [0.717, 1.165) is 25.7 Å². The molecule has 1 fully saturated rings. The minimum atomic E-state index is -0.635. The molecule has 1 saturated carbocycles. The third-order valence-corrected chi connectivity index (χ3v) is 3.62. The topological polar surface area (TPSA) is 75.8 Å². The number of likely N-dealkylation sites (N-methyl/N-ethyl adjacent to an activating group) is 1. The number of hydrogen-bond donors (Lipinski definition) is 2. The van der Waals surface area contributed by atoms with Crippen LogP contribution in [0.5, 0.6) is 0 Å². The van der Waals surface area contributed by atoms with Crippen molar-refractivity contribution in [2.24, 2.45) is 5.73 Å². The van der Waals surface area contributed by atoms with Gasteiger partial charge in [-0.05, 0) is 12.8 Å². The van der Waals surface area contributed by atoms with Crippen LogP contribution in [0.1, 0.15) is 38.5 Å². The Kier molecular flexibility index (Phi) is 6.05. The van der Waals surface area contributed by atoms with Gasteiger partial charge in [-0.1, -0.05) is 19.3 Å². The molecule has 18 heavy (non-hydrogen) atoms. The van der Waals surface area contributed by atoms with Gasteiger partial charge in [0, 0.05) is 32.7 Å². The number of amides is 1. The van der Waals surface area contributed by atoms with Crippen molar-refractivity contribution in [1.82, 2.24) is 4.90 Å². The second kappa shape index (κ2) is 7.07. The zero-order valence-electron chi connectivity index (χ0n) is 11.5. The summed E-state index contributed by atoms with van der Waals surface area (Å²) in [6, 6.07) is 0. The molecule has 0 aliphatic heterocycles. The molecule has 0 aromatic rings. The molecule has 1 aliphatic carbocycles. The van der Waals surface area contributed by atoms with Gasteiger partial charge in [0.25, 0.3) is 0 Å². The Bertz CT molecular complexity index is 265. The van der Waals surface area contributed by atoms with Crippen molar-refractivity contribution < 1.29 is 14.6 Å². The third kappa shape index (κ3) is 4.92. The van der Waals surface area contributed by atoms with Crippen molar-refractivity contribution >= 4 is 5.91 Å². The van der Waals surface area contributed by atoms with Crippen molar-refractivity contribution in [1.29, 1.82) is 0 Å². The van der Waals surface area contributed by atoms with Crippen LogP contribution in [-0.2, 0) is 9.53 Å². The maximum Gasteiger partial charge on any atom is 0.224 e. The fourth-order valence-electron chi connectivity index (χ4n) is 2.53. The van der Waals surface area contributed by atoms with Gasteiger partial charge in [-0.15, -0.1) is 0 Å². The fraction of sp³-hybridized carbons (Fsp3) is 0.923. The van der Waals surface area contributed by atoms with Crippen molar-refractivity contribution in [3.8, 4) is 0 Å². The standard InChI is InChI=1S/C13H26N2O3/c1-15(9-11(16)10-18-2)12(17)8-13(14)6-4-3-5-7-13/h11,16H,3-10,14H2,1-2H3. The molecule has 3 N–H and O–H groups in total. The number of carbonyl (C=O) groups is 1. The molecular weight excluding hydrogens is 232 g/mol. The van der Waals surface area contributed by atoms with Crippen molar-refractivity contribution in [3.63, 3.8) is 0 Å². The van der Waals surface area contributed by atoms with E-state index < -0.39 is 6.10 Å². The van der Waals surface area contributed by atoms with Crippen LogP contribution in [-0.4, -0.2) is 54.9 Å². The number of nitrogens with two attached hydrogens (primary N) is 1. The summed E-state index contributed by atoms with van der Waals surface area (Å²) in [7, 11) is 3.23. The van der Waals surface area contributed by atoms with Crippen LogP contribution in [0.25, 0.3) is 0 Å². The Morgan fingerprint density at radius 2 is 2.06 bits per heavy atom. The van der Waals surface area contributed by atoms with Gasteiger partial charge in [0.05, 0.1) is 12.7 Å². The van der Waals surface area contributed by atoms with Gasteiger partial charge < -0.3 is 20.5 Å². The van der Waals surface area contributed by atoms with E-state index >= 15 is 0 Å². The molecule has 1 unspecified atom stereocenters. The van der Waals surface area contributed by atoms with Crippen LogP contribution in [0.4, 0.5) is 0 Å². The van der Waals surface area contributed by atoms with E-state index in [9.17, 15) is 9.90 Å². The molecule has 0 bridgehead atoms. The first-order chi connectivity index (χ1) is 8.47. The minimum absolute atomic E-state index is 0.00885. The number of carbonyl (C=O) groups excluding carboxylic acids is 1. The summed E-state index contributed by atoms with van der Waals surface area (Å²) in [5.74, 6) is 0.00885. The molecule has 1 atom stereocenters. The molecule has 106 valence electrons. The van der Waals surface area contributed by atoms with E-state index in [1.54, 1.807) is 11.9 Å². The average molecular weight is 258 g/mol. The van der Waals surface area contributed by atoms with E-state index in [1.807, 2.05) is 0 Å². The summed E-state index contributed by atoms with van der Waals surface area (Å²) in [6.07, 6.45) is 5.03. The highest BCUT2D eigenvalue weighted by atomic mass is 16.5. The third-order valence-electron chi connectivity index (χ3n) is 3.62. The van der Waals surface area contributed by atoms with Gasteiger partial charge in [0.2, 0.25) is 5.91 Å². The Hall–Kier alpha value is -0.650. The molecule has 5 nitrogen and oxygen atoms in total. The van der Waals surface area contributed by atoms with Gasteiger partial charge >= 0.3 is 0 Å². The summed E-state index contributed by atoms with van der Waals surface area (Å²) >= 11 is 0. The first-order valence-electron chi connectivity index (χ1n) is 6.67. The minimum Gasteiger partial charge on any atom is -0.389 e. The zero-order chi connectivity index (χ0) is 13.6. The highest BCUT2D eigenvalue weighted by Crippen LogP contribution is 2.29. The quantitative estimate of drug-likeness (QED) is 0.727. The van der Waals surface area contributed by atoms with Crippen LogP contribution in [0.15, 0.2) is 0 Å². The SMILES string of the molecule is COCC(O)CN(C)C(=O)CC1(N)CCCCC1. The molecule has 1 amide bonds. The molecular formula is C13H26N2O3. The molecule has 0 saturated heterocycles. The van der Waals surface area contributed by atoms with Crippen molar-refractivity contribution in [2.45, 2.75) is 50.2 Å². The Balaban J connectivity index is 2.38. The van der Waals surface area contributed by atoms with Gasteiger partial charge in [0.15, 0.2) is 0 Å². The van der Waals surface area contributed by atoms with Gasteiger partial charge in [-0.2, -0.15) is 0 Å². The smallest absolute Gasteiger partial charge is 0.224 e. The largest absolute Gasteiger partial charge is 0.389 e. The van der Waals surface area contributed by atoms with Crippen LogP contribution in [0.3, 0.4) is 0 Å². The molecule has 0 aromatic heterocycles. The molecule has 5 heteroatoms. The number of aliphatic hydroxyl groups is 1. The Labute approximate surface area is 109 Å². The summed E-state index contributed by atoms with van der Waals surface area (Å²) in [5, 5.41) is 9.59. The Morgan fingerprint density at radius 1 is 1.44 bits per heavy atom. The molecule has 0 heterocycles. The van der Waals surface area contributed by atoms with Crippen LogP contribution in [0, 0.1) is 0 Å². The predicted molar refractivity (Wildman–Crippen MR) is 70.1 cm³/mol. The van der Waals surface area contributed by atoms with E-state index in [-0.39, 0.29) is 18.1 Å². The van der Waals surface area contributed by atoms with Crippen LogP contribution >= 0.6 is 0 Å². The molecule has 1 aliphatic rings. The van der Waals surface area contributed by atoms with E-state index in [4.69, 9.17) is 10.5 Å². The number of methoxy groups -OCH3 is 1. The molecule has 1 rings (SSSR count). The average Bonchev–Trinajstić information content (AvgIpc) is 2.29. The number of rotatable bonds is 6. The summed E-state index contributed by atoms with van der Waals surface area (Å²) in [5.41, 5.74) is 5.92. The monoisotopic (exact) mass is 258 g/mol. The molecule has 0 spiro atoms. The highest BCUT2D eigenvalue weighted by molar-refractivity contribution is 5.77. The maximum atomic E-state index is 12.1. The number of hydrogen-bond acceptors (Lipinski definition) is 4.